The first-order chi connectivity index (χ1) is 9.13. The summed E-state index contributed by atoms with van der Waals surface area (Å²) in [5.41, 5.74) is 6.70. The van der Waals surface area contributed by atoms with Gasteiger partial charge in [0.15, 0.2) is 5.65 Å². The molecule has 0 aliphatic rings. The third kappa shape index (κ3) is 2.15. The van der Waals surface area contributed by atoms with Crippen LogP contribution >= 0.6 is 11.6 Å². The second kappa shape index (κ2) is 4.36. The zero-order chi connectivity index (χ0) is 13.4. The maximum absolute atomic E-state index is 13.1. The molecular formula is C11H8ClFN6. The van der Waals surface area contributed by atoms with Gasteiger partial charge in [0.05, 0.1) is 16.6 Å². The summed E-state index contributed by atoms with van der Waals surface area (Å²) in [7, 11) is 0. The van der Waals surface area contributed by atoms with Gasteiger partial charge in [-0.15, -0.1) is 0 Å². The molecule has 0 fully saturated rings. The maximum atomic E-state index is 13.1. The molecule has 2 heterocycles. The molecule has 0 aliphatic carbocycles. The fraction of sp³-hybridized carbons (Fsp3) is 0. The highest BCUT2D eigenvalue weighted by Gasteiger charge is 2.09. The first-order valence-corrected chi connectivity index (χ1v) is 5.70. The normalized spacial score (nSPS) is 10.8. The molecule has 96 valence electrons. The van der Waals surface area contributed by atoms with Gasteiger partial charge >= 0.3 is 0 Å². The molecule has 0 amide bonds. The monoisotopic (exact) mass is 278 g/mol. The van der Waals surface area contributed by atoms with Gasteiger partial charge in [0.2, 0.25) is 5.95 Å². The van der Waals surface area contributed by atoms with Crippen LogP contribution in [0.4, 0.5) is 21.8 Å². The van der Waals surface area contributed by atoms with E-state index >= 15 is 0 Å². The third-order valence-corrected chi connectivity index (χ3v) is 2.80. The van der Waals surface area contributed by atoms with Crippen LogP contribution in [0.1, 0.15) is 0 Å². The molecule has 19 heavy (non-hydrogen) atoms. The van der Waals surface area contributed by atoms with Gasteiger partial charge in [0.1, 0.15) is 11.6 Å². The van der Waals surface area contributed by atoms with Crippen LogP contribution in [0.15, 0.2) is 24.4 Å². The molecule has 0 saturated carbocycles. The zero-order valence-electron chi connectivity index (χ0n) is 9.48. The second-order valence-corrected chi connectivity index (χ2v) is 4.22. The fourth-order valence-corrected chi connectivity index (χ4v) is 1.84. The summed E-state index contributed by atoms with van der Waals surface area (Å²) in [5.74, 6) is 0.0919. The van der Waals surface area contributed by atoms with Crippen molar-refractivity contribution in [3.8, 4) is 0 Å². The molecule has 0 saturated heterocycles. The van der Waals surface area contributed by atoms with Crippen molar-refractivity contribution in [1.29, 1.82) is 0 Å². The highest BCUT2D eigenvalue weighted by atomic mass is 35.5. The van der Waals surface area contributed by atoms with Crippen molar-refractivity contribution in [2.24, 2.45) is 0 Å². The Morgan fingerprint density at radius 3 is 2.95 bits per heavy atom. The minimum absolute atomic E-state index is 0.0236. The second-order valence-electron chi connectivity index (χ2n) is 3.82. The van der Waals surface area contributed by atoms with Crippen LogP contribution in [0, 0.1) is 5.82 Å². The number of rotatable bonds is 2. The van der Waals surface area contributed by atoms with Crippen molar-refractivity contribution >= 4 is 40.1 Å². The van der Waals surface area contributed by atoms with Crippen LogP contribution in [0.3, 0.4) is 0 Å². The lowest BCUT2D eigenvalue weighted by molar-refractivity contribution is 0.628. The number of nitrogens with one attached hydrogen (secondary N) is 2. The van der Waals surface area contributed by atoms with Gasteiger partial charge in [0.25, 0.3) is 0 Å². The molecular weight excluding hydrogens is 271 g/mol. The topological polar surface area (TPSA) is 92.5 Å². The number of aromatic amines is 1. The number of nitrogens with zero attached hydrogens (tertiary/aromatic N) is 3. The van der Waals surface area contributed by atoms with E-state index in [-0.39, 0.29) is 11.0 Å². The summed E-state index contributed by atoms with van der Waals surface area (Å²) in [6.45, 7) is 0. The first kappa shape index (κ1) is 11.7. The Labute approximate surface area is 111 Å². The number of nitrogens with two attached hydrogens (primary N) is 1. The predicted octanol–water partition coefficient (Wildman–Crippen LogP) is 2.47. The zero-order valence-corrected chi connectivity index (χ0v) is 10.2. The van der Waals surface area contributed by atoms with Gasteiger partial charge in [0, 0.05) is 5.69 Å². The lowest BCUT2D eigenvalue weighted by atomic mass is 10.3. The summed E-state index contributed by atoms with van der Waals surface area (Å²) >= 11 is 5.72. The number of hydrogen-bond donors (Lipinski definition) is 3. The SMILES string of the molecule is Nc1nc(Nc2ccc(F)c(Cl)c2)c2cn[nH]c2n1. The minimum Gasteiger partial charge on any atom is -0.368 e. The number of hydrogen-bond acceptors (Lipinski definition) is 5. The van der Waals surface area contributed by atoms with Gasteiger partial charge in [-0.2, -0.15) is 15.1 Å². The van der Waals surface area contributed by atoms with Gasteiger partial charge in [-0.3, -0.25) is 5.10 Å². The van der Waals surface area contributed by atoms with Gasteiger partial charge in [-0.1, -0.05) is 11.6 Å². The van der Waals surface area contributed by atoms with E-state index in [1.807, 2.05) is 0 Å². The van der Waals surface area contributed by atoms with E-state index in [9.17, 15) is 4.39 Å². The predicted molar refractivity (Wildman–Crippen MR) is 70.8 cm³/mol. The van der Waals surface area contributed by atoms with Crippen molar-refractivity contribution in [1.82, 2.24) is 20.2 Å². The average molecular weight is 279 g/mol. The van der Waals surface area contributed by atoms with Crippen molar-refractivity contribution in [2.45, 2.75) is 0 Å². The number of benzene rings is 1. The Morgan fingerprint density at radius 2 is 2.16 bits per heavy atom. The van der Waals surface area contributed by atoms with E-state index in [1.54, 1.807) is 12.3 Å². The Bertz CT molecular complexity index is 756. The minimum atomic E-state index is -0.483. The summed E-state index contributed by atoms with van der Waals surface area (Å²) in [6.07, 6.45) is 1.57. The van der Waals surface area contributed by atoms with E-state index in [0.717, 1.165) is 0 Å². The lowest BCUT2D eigenvalue weighted by Crippen LogP contribution is -2.00. The fourth-order valence-electron chi connectivity index (χ4n) is 1.66. The molecule has 0 unspecified atom stereocenters. The highest BCUT2D eigenvalue weighted by Crippen LogP contribution is 2.25. The number of aromatic nitrogens is 4. The summed E-state index contributed by atoms with van der Waals surface area (Å²) in [6, 6.07) is 4.27. The molecule has 0 spiro atoms. The quantitative estimate of drug-likeness (QED) is 0.670. The first-order valence-electron chi connectivity index (χ1n) is 5.32. The largest absolute Gasteiger partial charge is 0.368 e. The van der Waals surface area contributed by atoms with Crippen molar-refractivity contribution in [3.05, 3.63) is 35.2 Å². The van der Waals surface area contributed by atoms with E-state index < -0.39 is 5.82 Å². The molecule has 2 aromatic heterocycles. The molecule has 0 atom stereocenters. The van der Waals surface area contributed by atoms with Crippen LogP contribution < -0.4 is 11.1 Å². The third-order valence-electron chi connectivity index (χ3n) is 2.51. The van der Waals surface area contributed by atoms with Gasteiger partial charge in [-0.05, 0) is 18.2 Å². The molecule has 0 aliphatic heterocycles. The van der Waals surface area contributed by atoms with E-state index in [0.29, 0.717) is 22.5 Å². The smallest absolute Gasteiger partial charge is 0.224 e. The average Bonchev–Trinajstić information content (AvgIpc) is 2.82. The maximum Gasteiger partial charge on any atom is 0.224 e. The van der Waals surface area contributed by atoms with Crippen molar-refractivity contribution < 1.29 is 4.39 Å². The Balaban J connectivity index is 2.04. The molecule has 4 N–H and O–H groups in total. The number of nitrogen functional groups attached to an aromatic ring is 1. The van der Waals surface area contributed by atoms with E-state index in [2.05, 4.69) is 25.5 Å². The molecule has 0 bridgehead atoms. The summed E-state index contributed by atoms with van der Waals surface area (Å²) < 4.78 is 13.1. The van der Waals surface area contributed by atoms with Gasteiger partial charge < -0.3 is 11.1 Å². The number of halogens is 2. The van der Waals surface area contributed by atoms with E-state index in [4.69, 9.17) is 17.3 Å². The molecule has 0 radical (unpaired) electrons. The number of fused-ring (bicyclic) bond motifs is 1. The molecule has 8 heteroatoms. The summed E-state index contributed by atoms with van der Waals surface area (Å²) in [5, 5.41) is 10.3. The van der Waals surface area contributed by atoms with Crippen molar-refractivity contribution in [2.75, 3.05) is 11.1 Å². The number of H-pyrrole nitrogens is 1. The lowest BCUT2D eigenvalue weighted by Gasteiger charge is -2.07. The Hall–Kier alpha value is -2.41. The van der Waals surface area contributed by atoms with Crippen molar-refractivity contribution in [3.63, 3.8) is 0 Å². The molecule has 6 nitrogen and oxygen atoms in total. The Morgan fingerprint density at radius 1 is 1.32 bits per heavy atom. The van der Waals surface area contributed by atoms with Crippen LogP contribution in [0.2, 0.25) is 5.02 Å². The Kier molecular flexibility index (Phi) is 2.68. The van der Waals surface area contributed by atoms with Gasteiger partial charge in [-0.25, -0.2) is 4.39 Å². The van der Waals surface area contributed by atoms with E-state index in [1.165, 1.54) is 12.1 Å². The number of anilines is 3. The molecule has 3 aromatic rings. The summed E-state index contributed by atoms with van der Waals surface area (Å²) in [4.78, 5) is 8.07. The van der Waals surface area contributed by atoms with Crippen LogP contribution in [-0.4, -0.2) is 20.2 Å². The highest BCUT2D eigenvalue weighted by molar-refractivity contribution is 6.31. The standard InChI is InChI=1S/C11H8ClFN6/c12-7-3-5(1-2-8(7)13)16-9-6-4-15-19-10(6)18-11(14)17-9/h1-4H,(H4,14,15,16,17,18,19). The van der Waals surface area contributed by atoms with Crippen LogP contribution in [-0.2, 0) is 0 Å². The van der Waals surface area contributed by atoms with Crippen LogP contribution in [0.25, 0.3) is 11.0 Å². The molecule has 1 aromatic carbocycles. The molecule has 3 rings (SSSR count). The van der Waals surface area contributed by atoms with Crippen LogP contribution in [0.5, 0.6) is 0 Å².